The van der Waals surface area contributed by atoms with Crippen molar-refractivity contribution in [3.05, 3.63) is 36.4 Å². The minimum absolute atomic E-state index is 0.685. The van der Waals surface area contributed by atoms with Gasteiger partial charge in [0.25, 0.3) is 0 Å². The lowest BCUT2D eigenvalue weighted by Gasteiger charge is -2.13. The van der Waals surface area contributed by atoms with Crippen molar-refractivity contribution >= 4 is 0 Å². The molecule has 4 heteroatoms. The molecule has 20 heavy (non-hydrogen) atoms. The van der Waals surface area contributed by atoms with E-state index < -0.39 is 0 Å². The quantitative estimate of drug-likeness (QED) is 0.499. The highest BCUT2D eigenvalue weighted by Crippen LogP contribution is 2.25. The second kappa shape index (κ2) is 10.3. The zero-order valence-electron chi connectivity index (χ0n) is 12.5. The van der Waals surface area contributed by atoms with Crippen LogP contribution < -0.4 is 14.8 Å². The second-order valence-corrected chi connectivity index (χ2v) is 4.42. The standard InChI is InChI=1S/C16H25NO3/c1-4-5-6-10-20-16-12-15(19-3)8-7-14(16)13-17-9-11-18-2/h4,7-8,12,17H,1,5-6,9-11,13H2,2-3H3. The third-order valence-electron chi connectivity index (χ3n) is 2.88. The molecule has 0 heterocycles. The van der Waals surface area contributed by atoms with Crippen molar-refractivity contribution < 1.29 is 14.2 Å². The van der Waals surface area contributed by atoms with Gasteiger partial charge in [-0.1, -0.05) is 12.1 Å². The second-order valence-electron chi connectivity index (χ2n) is 4.42. The van der Waals surface area contributed by atoms with Gasteiger partial charge in [0, 0.05) is 31.8 Å². The van der Waals surface area contributed by atoms with Crippen LogP contribution in [0.3, 0.4) is 0 Å². The molecule has 0 amide bonds. The summed E-state index contributed by atoms with van der Waals surface area (Å²) in [6.07, 6.45) is 3.84. The van der Waals surface area contributed by atoms with Crippen LogP contribution >= 0.6 is 0 Å². The number of hydrogen-bond acceptors (Lipinski definition) is 4. The Balaban J connectivity index is 2.58. The molecule has 1 rings (SSSR count). The van der Waals surface area contributed by atoms with Gasteiger partial charge < -0.3 is 19.5 Å². The van der Waals surface area contributed by atoms with E-state index in [9.17, 15) is 0 Å². The van der Waals surface area contributed by atoms with E-state index in [4.69, 9.17) is 14.2 Å². The molecule has 0 aromatic heterocycles. The lowest BCUT2D eigenvalue weighted by Crippen LogP contribution is -2.19. The third-order valence-corrected chi connectivity index (χ3v) is 2.88. The Kier molecular flexibility index (Phi) is 8.51. The Morgan fingerprint density at radius 1 is 1.25 bits per heavy atom. The van der Waals surface area contributed by atoms with Crippen LogP contribution in [0, 0.1) is 0 Å². The van der Waals surface area contributed by atoms with E-state index in [1.807, 2.05) is 24.3 Å². The molecule has 0 aliphatic rings. The average Bonchev–Trinajstić information content (AvgIpc) is 2.49. The lowest BCUT2D eigenvalue weighted by molar-refractivity contribution is 0.199. The van der Waals surface area contributed by atoms with Crippen LogP contribution in [0.15, 0.2) is 30.9 Å². The van der Waals surface area contributed by atoms with Crippen LogP contribution in [0.5, 0.6) is 11.5 Å². The average molecular weight is 279 g/mol. The number of benzene rings is 1. The van der Waals surface area contributed by atoms with Gasteiger partial charge in [-0.15, -0.1) is 6.58 Å². The van der Waals surface area contributed by atoms with Crippen LogP contribution in [0.4, 0.5) is 0 Å². The maximum atomic E-state index is 5.84. The molecule has 0 aliphatic heterocycles. The molecule has 0 saturated carbocycles. The van der Waals surface area contributed by atoms with Gasteiger partial charge in [-0.3, -0.25) is 0 Å². The fourth-order valence-corrected chi connectivity index (χ4v) is 1.75. The van der Waals surface area contributed by atoms with Crippen molar-refractivity contribution in [3.8, 4) is 11.5 Å². The number of ether oxygens (including phenoxy) is 3. The van der Waals surface area contributed by atoms with E-state index in [0.29, 0.717) is 13.2 Å². The molecule has 0 spiro atoms. The van der Waals surface area contributed by atoms with Crippen molar-refractivity contribution in [1.82, 2.24) is 5.32 Å². The van der Waals surface area contributed by atoms with Gasteiger partial charge in [0.1, 0.15) is 11.5 Å². The fraction of sp³-hybridized carbons (Fsp3) is 0.500. The number of nitrogens with one attached hydrogen (secondary N) is 1. The molecule has 0 aliphatic carbocycles. The Bertz CT molecular complexity index is 393. The maximum Gasteiger partial charge on any atom is 0.127 e. The summed E-state index contributed by atoms with van der Waals surface area (Å²) in [4.78, 5) is 0. The predicted molar refractivity (Wildman–Crippen MR) is 81.5 cm³/mol. The minimum Gasteiger partial charge on any atom is -0.497 e. The first kappa shape index (κ1) is 16.5. The van der Waals surface area contributed by atoms with Crippen molar-refractivity contribution in [3.63, 3.8) is 0 Å². The fourth-order valence-electron chi connectivity index (χ4n) is 1.75. The molecule has 0 saturated heterocycles. The highest BCUT2D eigenvalue weighted by atomic mass is 16.5. The molecule has 1 aromatic rings. The van der Waals surface area contributed by atoms with Gasteiger partial charge in [-0.2, -0.15) is 0 Å². The molecule has 1 N–H and O–H groups in total. The summed E-state index contributed by atoms with van der Waals surface area (Å²) in [6, 6.07) is 5.91. The van der Waals surface area contributed by atoms with Crippen LogP contribution in [0.1, 0.15) is 18.4 Å². The number of methoxy groups -OCH3 is 2. The molecule has 0 radical (unpaired) electrons. The smallest absolute Gasteiger partial charge is 0.127 e. The topological polar surface area (TPSA) is 39.7 Å². The molecule has 4 nitrogen and oxygen atoms in total. The van der Waals surface area contributed by atoms with Gasteiger partial charge in [0.2, 0.25) is 0 Å². The van der Waals surface area contributed by atoms with Crippen molar-refractivity contribution in [1.29, 1.82) is 0 Å². The van der Waals surface area contributed by atoms with E-state index >= 15 is 0 Å². The first-order valence-electron chi connectivity index (χ1n) is 6.92. The van der Waals surface area contributed by atoms with E-state index in [-0.39, 0.29) is 0 Å². The Morgan fingerprint density at radius 2 is 2.10 bits per heavy atom. The van der Waals surface area contributed by atoms with Crippen molar-refractivity contribution in [2.24, 2.45) is 0 Å². The Labute approximate surface area is 121 Å². The van der Waals surface area contributed by atoms with Gasteiger partial charge in [-0.05, 0) is 18.9 Å². The predicted octanol–water partition coefficient (Wildman–Crippen LogP) is 2.78. The monoisotopic (exact) mass is 279 g/mol. The van der Waals surface area contributed by atoms with Crippen molar-refractivity contribution in [2.45, 2.75) is 19.4 Å². The highest BCUT2D eigenvalue weighted by molar-refractivity contribution is 5.40. The molecule has 112 valence electrons. The highest BCUT2D eigenvalue weighted by Gasteiger charge is 2.05. The normalized spacial score (nSPS) is 10.3. The number of rotatable bonds is 11. The van der Waals surface area contributed by atoms with E-state index in [2.05, 4.69) is 11.9 Å². The summed E-state index contributed by atoms with van der Waals surface area (Å²) in [6.45, 7) is 6.67. The molecule has 1 aromatic carbocycles. The molecular formula is C16H25NO3. The summed E-state index contributed by atoms with van der Waals surface area (Å²) in [5.74, 6) is 1.68. The first-order chi connectivity index (χ1) is 9.81. The van der Waals surface area contributed by atoms with E-state index in [1.54, 1.807) is 14.2 Å². The summed E-state index contributed by atoms with van der Waals surface area (Å²) in [5.41, 5.74) is 1.13. The van der Waals surface area contributed by atoms with E-state index in [0.717, 1.165) is 43.0 Å². The van der Waals surface area contributed by atoms with Crippen LogP contribution in [-0.4, -0.2) is 34.0 Å². The molecule has 0 unspecified atom stereocenters. The lowest BCUT2D eigenvalue weighted by atomic mass is 10.2. The summed E-state index contributed by atoms with van der Waals surface area (Å²) in [5, 5.41) is 3.32. The summed E-state index contributed by atoms with van der Waals surface area (Å²) in [7, 11) is 3.36. The zero-order valence-corrected chi connectivity index (χ0v) is 12.5. The van der Waals surface area contributed by atoms with Gasteiger partial charge in [-0.25, -0.2) is 0 Å². The third kappa shape index (κ3) is 6.08. The molecule has 0 atom stereocenters. The number of unbranched alkanes of at least 4 members (excludes halogenated alkanes) is 1. The molecular weight excluding hydrogens is 254 g/mol. The maximum absolute atomic E-state index is 5.84. The van der Waals surface area contributed by atoms with Crippen LogP contribution in [-0.2, 0) is 11.3 Å². The van der Waals surface area contributed by atoms with E-state index in [1.165, 1.54) is 0 Å². The minimum atomic E-state index is 0.685. The van der Waals surface area contributed by atoms with Crippen LogP contribution in [0.25, 0.3) is 0 Å². The summed E-state index contributed by atoms with van der Waals surface area (Å²) < 4.78 is 16.1. The van der Waals surface area contributed by atoms with Crippen molar-refractivity contribution in [2.75, 3.05) is 34.0 Å². The Hall–Kier alpha value is -1.52. The van der Waals surface area contributed by atoms with Gasteiger partial charge in [0.15, 0.2) is 0 Å². The zero-order chi connectivity index (χ0) is 14.6. The number of hydrogen-bond donors (Lipinski definition) is 1. The van der Waals surface area contributed by atoms with Gasteiger partial charge >= 0.3 is 0 Å². The van der Waals surface area contributed by atoms with Crippen LogP contribution in [0.2, 0.25) is 0 Å². The Morgan fingerprint density at radius 3 is 2.80 bits per heavy atom. The number of allylic oxidation sites excluding steroid dienone is 1. The SMILES string of the molecule is C=CCCCOc1cc(OC)ccc1CNCCOC. The molecule has 0 fully saturated rings. The van der Waals surface area contributed by atoms with Gasteiger partial charge in [0.05, 0.1) is 20.3 Å². The largest absolute Gasteiger partial charge is 0.497 e. The first-order valence-corrected chi connectivity index (χ1v) is 6.92. The summed E-state index contributed by atoms with van der Waals surface area (Å²) >= 11 is 0. The molecule has 0 bridgehead atoms.